The third-order valence-corrected chi connectivity index (χ3v) is 28.5. The van der Waals surface area contributed by atoms with Crippen LogP contribution in [0.5, 0.6) is 0 Å². The van der Waals surface area contributed by atoms with E-state index in [1.807, 2.05) is 0 Å². The van der Waals surface area contributed by atoms with Gasteiger partial charge in [0, 0.05) is 78.0 Å². The normalized spacial score (nSPS) is 33.2. The number of hydrogen-bond acceptors (Lipinski definition) is 27. The number of amides is 6. The highest BCUT2D eigenvalue weighted by molar-refractivity contribution is 8.07. The van der Waals surface area contributed by atoms with Crippen molar-refractivity contribution in [1.29, 1.82) is 0 Å². The molecule has 0 bridgehead atoms. The third kappa shape index (κ3) is 29.3. The number of β-amino-alcohol motifs (C(OH)–C–C–N with tert-alkyl or cyclic N) is 1. The van der Waals surface area contributed by atoms with Gasteiger partial charge in [0.05, 0.1) is 63.9 Å². The van der Waals surface area contributed by atoms with Gasteiger partial charge in [-0.05, 0) is 187 Å². The molecule has 37 heteroatoms. The van der Waals surface area contributed by atoms with Crippen LogP contribution in [0, 0.1) is 46.3 Å². The molecule has 4 heterocycles. The summed E-state index contributed by atoms with van der Waals surface area (Å²) in [6.07, 6.45) is 4.00. The van der Waals surface area contributed by atoms with Crippen LogP contribution in [-0.2, 0) is 82.1 Å². The maximum Gasteiger partial charge on any atom is 0.472 e. The first-order chi connectivity index (χ1) is 55.7. The highest BCUT2D eigenvalue weighted by Gasteiger charge is 2.60. The number of nitrogens with zero attached hydrogens (tertiary/aromatic N) is 2. The first kappa shape index (κ1) is 98.9. The predicted octanol–water partition coefficient (Wildman–Crippen LogP) is 4.41. The van der Waals surface area contributed by atoms with Crippen molar-refractivity contribution in [3.05, 3.63) is 11.6 Å². The number of carbonyl (C=O) groups excluding carboxylic acids is 6. The Kier molecular flexibility index (Phi) is 40.6. The number of rotatable bonds is 50. The molecule has 0 spiro atoms. The Bertz CT molecular complexity index is 3230. The van der Waals surface area contributed by atoms with Gasteiger partial charge in [-0.2, -0.15) is 0 Å². The molecule has 34 nitrogen and oxygen atoms in total. The molecule has 4 aliphatic heterocycles. The van der Waals surface area contributed by atoms with E-state index < -0.39 is 151 Å². The van der Waals surface area contributed by atoms with Crippen molar-refractivity contribution in [2.45, 2.75) is 325 Å². The van der Waals surface area contributed by atoms with Crippen LogP contribution in [0.15, 0.2) is 11.6 Å². The summed E-state index contributed by atoms with van der Waals surface area (Å²) in [5.41, 5.74) is 2.00. The zero-order chi connectivity index (χ0) is 85.2. The van der Waals surface area contributed by atoms with Crippen molar-refractivity contribution >= 4 is 62.0 Å². The first-order valence-corrected chi connectivity index (χ1v) is 47.3. The lowest BCUT2D eigenvalue weighted by Gasteiger charge is -2.58. The number of aliphatic hydroxyl groups excluding tert-OH is 10. The fourth-order valence-electron chi connectivity index (χ4n) is 19.4. The molecule has 0 aromatic heterocycles. The molecular formula is C80H140N6O28P2S. The van der Waals surface area contributed by atoms with E-state index >= 15 is 0 Å². The number of allylic oxidation sites excluding steroid dienone is 1. The molecule has 0 aromatic carbocycles. The van der Waals surface area contributed by atoms with Crippen LogP contribution in [0.2, 0.25) is 0 Å². The number of unbranched alkanes of at least 4 members (excludes halogenated alkanes) is 7. The number of phosphoric acid groups is 1. The monoisotopic (exact) mass is 1730 g/mol. The van der Waals surface area contributed by atoms with Crippen molar-refractivity contribution in [2.24, 2.45) is 46.3 Å². The standard InChI is InChI=1S/C80H140N6O28P2S/c1-50(2)19-18-20-51(3)59-28-29-60-58-27-26-52-41-56(30-32-79(52,4)61(58)31-33-80(59,60)5)111-78(102)83-36-14-7-9-25-68(94)86-45-57(43-54(86)49-110-116(105,117)108-40-37-87)114-115(103,104)109-48-53-42-55(90)44-85(53)67(93)24-8-6-13-35-82-75(101)62(84-66(92)23-12-17-39-107-77-74(100)72(98)70(96)64(47-89)113-77)21-10-15-34-81-65(91)22-11-16-38-106-76-73(99)71(97)69(95)63(46-88)112-76/h26,50-51,53-64,69-74,76-77,87-90,95-100H,6-25,27-49H2,1-5H3,(H,81,91)(H,82,101)(H,83,102)(H,84,92)(H,103,104)(H,105,117)/t51-,53+,54+,55-,56-,57?,58+,59-,60?,61-,62+,63?,64?,69?,70?,71?,72?,73?,74?,76?,77?,79-,80+,116?/m1/s1. The highest BCUT2D eigenvalue weighted by Crippen LogP contribution is 2.67. The minimum Gasteiger partial charge on any atom is -0.446 e. The molecule has 6 amide bonds. The van der Waals surface area contributed by atoms with Gasteiger partial charge >= 0.3 is 20.6 Å². The number of carbonyl (C=O) groups is 6. The summed E-state index contributed by atoms with van der Waals surface area (Å²) in [6, 6.07) is -2.57. The van der Waals surface area contributed by atoms with Gasteiger partial charge in [0.1, 0.15) is 61.0 Å². The minimum atomic E-state index is -4.90. The van der Waals surface area contributed by atoms with Gasteiger partial charge in [0.15, 0.2) is 12.6 Å². The Morgan fingerprint density at radius 2 is 1.17 bits per heavy atom. The maximum atomic E-state index is 13.9. The summed E-state index contributed by atoms with van der Waals surface area (Å²) in [5, 5.41) is 111. The molecule has 4 saturated heterocycles. The second kappa shape index (κ2) is 48.1. The number of phosphoric ester groups is 1. The fourth-order valence-corrected chi connectivity index (χ4v) is 21.5. The van der Waals surface area contributed by atoms with Gasteiger partial charge in [-0.3, -0.25) is 33.0 Å². The molecule has 8 rings (SSSR count). The summed E-state index contributed by atoms with van der Waals surface area (Å²) in [7, 11) is -4.90. The zero-order valence-corrected chi connectivity index (χ0v) is 71.9. The summed E-state index contributed by atoms with van der Waals surface area (Å²) in [6.45, 7) is 6.26. The number of nitrogens with one attached hydrogen (secondary N) is 4. The van der Waals surface area contributed by atoms with Gasteiger partial charge < -0.3 is 125 Å². The Morgan fingerprint density at radius 1 is 0.590 bits per heavy atom. The molecule has 4 aliphatic carbocycles. The third-order valence-electron chi connectivity index (χ3n) is 25.9. The summed E-state index contributed by atoms with van der Waals surface area (Å²) >= 11 is 5.11. The van der Waals surface area contributed by atoms with Crippen LogP contribution in [-0.4, -0.2) is 290 Å². The van der Waals surface area contributed by atoms with E-state index in [2.05, 4.69) is 62.0 Å². The number of ether oxygens (including phenoxy) is 5. The maximum absolute atomic E-state index is 13.9. The topological polar surface area (TPSA) is 500 Å². The van der Waals surface area contributed by atoms with Crippen molar-refractivity contribution in [3.63, 3.8) is 0 Å². The lowest BCUT2D eigenvalue weighted by atomic mass is 9.47. The van der Waals surface area contributed by atoms with Crippen LogP contribution in [0.3, 0.4) is 0 Å². The van der Waals surface area contributed by atoms with E-state index in [0.717, 1.165) is 49.4 Å². The molecule has 0 aromatic rings. The van der Waals surface area contributed by atoms with Gasteiger partial charge in [0.25, 0.3) is 0 Å². The molecule has 16 N–H and O–H groups in total. The Morgan fingerprint density at radius 3 is 1.79 bits per heavy atom. The highest BCUT2D eigenvalue weighted by atomic mass is 32.5. The molecule has 0 radical (unpaired) electrons. The van der Waals surface area contributed by atoms with Crippen LogP contribution in [0.1, 0.15) is 227 Å². The largest absolute Gasteiger partial charge is 0.472 e. The summed E-state index contributed by atoms with van der Waals surface area (Å²) < 4.78 is 63.3. The second-order valence-corrected chi connectivity index (χ2v) is 39.0. The molecule has 117 heavy (non-hydrogen) atoms. The van der Waals surface area contributed by atoms with E-state index in [0.29, 0.717) is 94.4 Å². The Labute approximate surface area is 694 Å². The van der Waals surface area contributed by atoms with Crippen molar-refractivity contribution < 1.29 is 136 Å². The molecule has 25 atom stereocenters. The Balaban J connectivity index is 0.727. The van der Waals surface area contributed by atoms with Crippen molar-refractivity contribution in [1.82, 2.24) is 31.1 Å². The fraction of sp³-hybridized carbons (Fsp3) is 0.900. The molecule has 14 unspecified atom stereocenters. The first-order valence-electron chi connectivity index (χ1n) is 43.2. The van der Waals surface area contributed by atoms with Crippen LogP contribution in [0.25, 0.3) is 0 Å². The summed E-state index contributed by atoms with van der Waals surface area (Å²) in [4.78, 5) is 105. The molecule has 8 aliphatic rings. The van der Waals surface area contributed by atoms with Gasteiger partial charge in [-0.1, -0.05) is 78.4 Å². The lowest BCUT2D eigenvalue weighted by Crippen LogP contribution is -2.59. The quantitative estimate of drug-likeness (QED) is 0.0228. The van der Waals surface area contributed by atoms with Gasteiger partial charge in [-0.25, -0.2) is 9.36 Å². The van der Waals surface area contributed by atoms with Gasteiger partial charge in [-0.15, -0.1) is 0 Å². The molecule has 7 fully saturated rings. The number of hydrogen-bond donors (Lipinski definition) is 16. The zero-order valence-electron chi connectivity index (χ0n) is 69.3. The smallest absolute Gasteiger partial charge is 0.446 e. The molecule has 3 saturated carbocycles. The lowest BCUT2D eigenvalue weighted by molar-refractivity contribution is -0.301. The van der Waals surface area contributed by atoms with Crippen LogP contribution < -0.4 is 21.3 Å². The predicted molar refractivity (Wildman–Crippen MR) is 430 cm³/mol. The Hall–Kier alpha value is -3.56. The van der Waals surface area contributed by atoms with E-state index in [1.54, 1.807) is 0 Å². The van der Waals surface area contributed by atoms with E-state index in [9.17, 15) is 94.2 Å². The summed E-state index contributed by atoms with van der Waals surface area (Å²) in [5.74, 6) is 2.61. The van der Waals surface area contributed by atoms with E-state index in [1.165, 1.54) is 60.3 Å². The molecule has 674 valence electrons. The van der Waals surface area contributed by atoms with Crippen molar-refractivity contribution in [3.8, 4) is 0 Å². The SMILES string of the molecule is CC(C)CCC[C@@H](C)[C@H]1CCC2[C@@H]3CC=C4C[C@H](OC(=O)NCCCCCC(=O)N5CC(OP(=O)(O)OC[C@@H]6C[C@@H](O)CN6C(=O)CCCCCNC(=O)[C@H](CCCCNC(=O)CCCCOC6OC(CO)C(O)C(O)C6O)NC(=O)CCCCOC6OC(CO)C(O)C(O)C6O)C[C@H]5COP(O)(=S)OCCO)CC[C@@]4(C)[C@@H]3CC[C@]21C. The number of alkyl carbamates (subject to hydrolysis) is 1. The van der Waals surface area contributed by atoms with Crippen LogP contribution in [0.4, 0.5) is 4.79 Å². The number of aliphatic hydroxyl groups is 10. The van der Waals surface area contributed by atoms with E-state index in [4.69, 9.17) is 53.6 Å². The average Bonchev–Trinajstić information content (AvgIpc) is 1.67. The van der Waals surface area contributed by atoms with Gasteiger partial charge in [0.2, 0.25) is 29.5 Å². The molecular weight excluding hydrogens is 1590 g/mol. The average molecular weight is 1730 g/mol. The van der Waals surface area contributed by atoms with Crippen molar-refractivity contribution in [2.75, 3.05) is 85.6 Å². The minimum absolute atomic E-state index is 0.0169. The van der Waals surface area contributed by atoms with E-state index in [-0.39, 0.29) is 133 Å². The second-order valence-electron chi connectivity index (χ2n) is 34.8. The van der Waals surface area contributed by atoms with Crippen LogP contribution >= 0.6 is 14.5 Å². The number of likely N-dealkylation sites (tertiary alicyclic amines) is 2. The number of fused-ring (bicyclic) bond motifs is 5.